The van der Waals surface area contributed by atoms with Crippen molar-refractivity contribution in [2.24, 2.45) is 0 Å². The second-order valence-corrected chi connectivity index (χ2v) is 9.66. The molecule has 1 aliphatic carbocycles. The van der Waals surface area contributed by atoms with Gasteiger partial charge in [0.15, 0.2) is 0 Å². The minimum Gasteiger partial charge on any atom is -0.337 e. The van der Waals surface area contributed by atoms with Crippen molar-refractivity contribution < 1.29 is 9.32 Å². The summed E-state index contributed by atoms with van der Waals surface area (Å²) in [4.78, 5) is 19.8. The fourth-order valence-corrected chi connectivity index (χ4v) is 4.56. The summed E-state index contributed by atoms with van der Waals surface area (Å²) in [6, 6.07) is 18.4. The van der Waals surface area contributed by atoms with Crippen LogP contribution in [0.2, 0.25) is 0 Å². The first-order valence-electron chi connectivity index (χ1n) is 11.0. The zero-order valence-electron chi connectivity index (χ0n) is 18.9. The van der Waals surface area contributed by atoms with Crippen LogP contribution in [0.15, 0.2) is 59.1 Å². The second kappa shape index (κ2) is 8.29. The van der Waals surface area contributed by atoms with Gasteiger partial charge in [-0.3, -0.25) is 4.79 Å². The van der Waals surface area contributed by atoms with Crippen molar-refractivity contribution >= 4 is 5.91 Å². The topological polar surface area (TPSA) is 59.2 Å². The molecule has 4 rings (SSSR count). The molecule has 1 heterocycles. The van der Waals surface area contributed by atoms with E-state index in [0.717, 1.165) is 36.8 Å². The number of hydrogen-bond acceptors (Lipinski definition) is 4. The van der Waals surface area contributed by atoms with Crippen LogP contribution < -0.4 is 0 Å². The molecule has 1 amide bonds. The van der Waals surface area contributed by atoms with Gasteiger partial charge in [-0.15, -0.1) is 0 Å². The Labute approximate surface area is 184 Å². The van der Waals surface area contributed by atoms with Gasteiger partial charge in [0.2, 0.25) is 17.6 Å². The zero-order chi connectivity index (χ0) is 22.1. The fraction of sp³-hybridized carbons (Fsp3) is 0.423. The Balaban J connectivity index is 1.50. The Morgan fingerprint density at radius 1 is 1.03 bits per heavy atom. The van der Waals surface area contributed by atoms with E-state index < -0.39 is 5.41 Å². The van der Waals surface area contributed by atoms with Crippen LogP contribution in [0.4, 0.5) is 0 Å². The normalized spacial score (nSPS) is 15.7. The maximum atomic E-state index is 13.5. The third-order valence-electron chi connectivity index (χ3n) is 6.39. The average Bonchev–Trinajstić information content (AvgIpc) is 3.44. The predicted molar refractivity (Wildman–Crippen MR) is 121 cm³/mol. The van der Waals surface area contributed by atoms with Crippen LogP contribution in [-0.2, 0) is 22.2 Å². The predicted octanol–water partition coefficient (Wildman–Crippen LogP) is 5.50. The number of likely N-dealkylation sites (N-methyl/N-ethyl adjacent to an activating group) is 1. The van der Waals surface area contributed by atoms with E-state index in [0.29, 0.717) is 18.3 Å². The number of nitrogens with zero attached hydrogens (tertiary/aromatic N) is 3. The van der Waals surface area contributed by atoms with Gasteiger partial charge in [0.05, 0.1) is 12.0 Å². The molecular formula is C26H31N3O2. The zero-order valence-corrected chi connectivity index (χ0v) is 18.9. The molecule has 0 saturated heterocycles. The van der Waals surface area contributed by atoms with Crippen LogP contribution in [0.5, 0.6) is 0 Å². The Bertz CT molecular complexity index is 1030. The van der Waals surface area contributed by atoms with Crippen molar-refractivity contribution in [3.63, 3.8) is 0 Å². The van der Waals surface area contributed by atoms with E-state index in [1.54, 1.807) is 4.90 Å². The maximum Gasteiger partial charge on any atom is 0.246 e. The Morgan fingerprint density at radius 3 is 2.29 bits per heavy atom. The molecule has 162 valence electrons. The van der Waals surface area contributed by atoms with Crippen molar-refractivity contribution in [1.29, 1.82) is 0 Å². The summed E-state index contributed by atoms with van der Waals surface area (Å²) in [6.45, 7) is 6.87. The molecule has 5 heteroatoms. The van der Waals surface area contributed by atoms with E-state index in [1.165, 1.54) is 5.56 Å². The molecule has 0 N–H and O–H groups in total. The van der Waals surface area contributed by atoms with Gasteiger partial charge in [-0.05, 0) is 29.4 Å². The number of carbonyl (C=O) groups is 1. The SMILES string of the molecule is CN(Cc1nc(-c2ccc(C(C)(C)C)cc2)no1)C(=O)C1(c2ccccc2)CCCC1. The monoisotopic (exact) mass is 417 g/mol. The standard InChI is InChI=1S/C26H31N3O2/c1-25(2,3)20-14-12-19(13-15-20)23-27-22(31-28-23)18-29(4)24(30)26(16-8-9-17-26)21-10-6-5-7-11-21/h5-7,10-15H,8-9,16-18H2,1-4H3. The number of benzene rings is 2. The minimum atomic E-state index is -0.443. The van der Waals surface area contributed by atoms with Gasteiger partial charge in [0.1, 0.15) is 0 Å². The van der Waals surface area contributed by atoms with Gasteiger partial charge in [0.25, 0.3) is 0 Å². The van der Waals surface area contributed by atoms with Crippen LogP contribution >= 0.6 is 0 Å². The summed E-state index contributed by atoms with van der Waals surface area (Å²) in [5.74, 6) is 1.13. The molecule has 0 unspecified atom stereocenters. The average molecular weight is 418 g/mol. The van der Waals surface area contributed by atoms with Crippen molar-refractivity contribution in [2.45, 2.75) is 63.8 Å². The van der Waals surface area contributed by atoms with Crippen LogP contribution in [0.25, 0.3) is 11.4 Å². The number of hydrogen-bond donors (Lipinski definition) is 0. The van der Waals surface area contributed by atoms with E-state index in [2.05, 4.69) is 55.2 Å². The van der Waals surface area contributed by atoms with E-state index in [4.69, 9.17) is 4.52 Å². The smallest absolute Gasteiger partial charge is 0.246 e. The molecule has 31 heavy (non-hydrogen) atoms. The van der Waals surface area contributed by atoms with Crippen LogP contribution in [0.3, 0.4) is 0 Å². The molecule has 0 spiro atoms. The van der Waals surface area contributed by atoms with E-state index in [-0.39, 0.29) is 11.3 Å². The van der Waals surface area contributed by atoms with Gasteiger partial charge < -0.3 is 9.42 Å². The second-order valence-electron chi connectivity index (χ2n) is 9.66. The quantitative estimate of drug-likeness (QED) is 0.550. The summed E-state index contributed by atoms with van der Waals surface area (Å²) in [6.07, 6.45) is 3.91. The molecule has 0 radical (unpaired) electrons. The van der Waals surface area contributed by atoms with Crippen molar-refractivity contribution in [2.75, 3.05) is 7.05 Å². The molecule has 3 aromatic rings. The van der Waals surface area contributed by atoms with Crippen molar-refractivity contribution in [3.8, 4) is 11.4 Å². The van der Waals surface area contributed by atoms with Gasteiger partial charge in [-0.1, -0.05) is 93.4 Å². The largest absolute Gasteiger partial charge is 0.337 e. The molecule has 1 aliphatic rings. The highest BCUT2D eigenvalue weighted by molar-refractivity contribution is 5.88. The van der Waals surface area contributed by atoms with E-state index >= 15 is 0 Å². The van der Waals surface area contributed by atoms with E-state index in [1.807, 2.05) is 37.4 Å². The molecule has 0 atom stereocenters. The highest BCUT2D eigenvalue weighted by atomic mass is 16.5. The molecule has 0 bridgehead atoms. The molecule has 1 aromatic heterocycles. The van der Waals surface area contributed by atoms with Gasteiger partial charge in [0, 0.05) is 12.6 Å². The molecular weight excluding hydrogens is 386 g/mol. The summed E-state index contributed by atoms with van der Waals surface area (Å²) in [5, 5.41) is 4.14. The minimum absolute atomic E-state index is 0.0962. The highest BCUT2D eigenvalue weighted by Crippen LogP contribution is 2.42. The first-order chi connectivity index (χ1) is 14.8. The number of amides is 1. The Morgan fingerprint density at radius 2 is 1.68 bits per heavy atom. The summed E-state index contributed by atoms with van der Waals surface area (Å²) >= 11 is 0. The molecule has 0 aliphatic heterocycles. The van der Waals surface area contributed by atoms with Crippen LogP contribution in [0, 0.1) is 0 Å². The summed E-state index contributed by atoms with van der Waals surface area (Å²) in [5.41, 5.74) is 2.93. The third-order valence-corrected chi connectivity index (χ3v) is 6.39. The maximum absolute atomic E-state index is 13.5. The highest BCUT2D eigenvalue weighted by Gasteiger charge is 2.44. The lowest BCUT2D eigenvalue weighted by molar-refractivity contribution is -0.136. The molecule has 1 fully saturated rings. The van der Waals surface area contributed by atoms with Crippen molar-refractivity contribution in [1.82, 2.24) is 15.0 Å². The van der Waals surface area contributed by atoms with Crippen LogP contribution in [-0.4, -0.2) is 28.0 Å². The number of aromatic nitrogens is 2. The first-order valence-corrected chi connectivity index (χ1v) is 11.0. The third kappa shape index (κ3) is 4.27. The van der Waals surface area contributed by atoms with Crippen molar-refractivity contribution in [3.05, 3.63) is 71.6 Å². The fourth-order valence-electron chi connectivity index (χ4n) is 4.56. The number of carbonyl (C=O) groups excluding carboxylic acids is 1. The lowest BCUT2D eigenvalue weighted by Crippen LogP contribution is -2.43. The van der Waals surface area contributed by atoms with Gasteiger partial charge in [-0.25, -0.2) is 0 Å². The lowest BCUT2D eigenvalue weighted by atomic mass is 9.77. The molecule has 2 aromatic carbocycles. The summed E-state index contributed by atoms with van der Waals surface area (Å²) < 4.78 is 5.48. The summed E-state index contributed by atoms with van der Waals surface area (Å²) in [7, 11) is 1.83. The number of rotatable bonds is 5. The lowest BCUT2D eigenvalue weighted by Gasteiger charge is -2.32. The van der Waals surface area contributed by atoms with Crippen LogP contribution in [0.1, 0.15) is 63.5 Å². The van der Waals surface area contributed by atoms with E-state index in [9.17, 15) is 4.79 Å². The first kappa shape index (κ1) is 21.3. The molecule has 5 nitrogen and oxygen atoms in total. The molecule has 1 saturated carbocycles. The Hall–Kier alpha value is -2.95. The Kier molecular flexibility index (Phi) is 5.69. The van der Waals surface area contributed by atoms with Gasteiger partial charge >= 0.3 is 0 Å². The van der Waals surface area contributed by atoms with Gasteiger partial charge in [-0.2, -0.15) is 4.98 Å².